The van der Waals surface area contributed by atoms with Gasteiger partial charge >= 0.3 is 5.97 Å². The lowest BCUT2D eigenvalue weighted by molar-refractivity contribution is -0.140. The SMILES string of the molecule is CCCCCNCCCC(=O)OC. The fourth-order valence-corrected chi connectivity index (χ4v) is 1.08. The van der Waals surface area contributed by atoms with Crippen LogP contribution in [0.15, 0.2) is 0 Å². The third-order valence-corrected chi connectivity index (χ3v) is 1.92. The molecule has 0 saturated heterocycles. The number of nitrogens with one attached hydrogen (secondary N) is 1. The number of carbonyl (C=O) groups is 1. The summed E-state index contributed by atoms with van der Waals surface area (Å²) in [4.78, 5) is 10.7. The number of hydrogen-bond acceptors (Lipinski definition) is 3. The number of esters is 1. The molecule has 0 rings (SSSR count). The highest BCUT2D eigenvalue weighted by atomic mass is 16.5. The first-order valence-electron chi connectivity index (χ1n) is 5.08. The van der Waals surface area contributed by atoms with Gasteiger partial charge in [-0.2, -0.15) is 0 Å². The maximum atomic E-state index is 10.7. The van der Waals surface area contributed by atoms with E-state index in [1.54, 1.807) is 0 Å². The van der Waals surface area contributed by atoms with Crippen molar-refractivity contribution in [3.05, 3.63) is 0 Å². The van der Waals surface area contributed by atoms with Crippen molar-refractivity contribution < 1.29 is 9.53 Å². The first-order chi connectivity index (χ1) is 6.31. The molecule has 0 aromatic heterocycles. The molecule has 3 nitrogen and oxygen atoms in total. The predicted octanol–water partition coefficient (Wildman–Crippen LogP) is 1.72. The largest absolute Gasteiger partial charge is 0.469 e. The van der Waals surface area contributed by atoms with Crippen LogP contribution in [-0.4, -0.2) is 26.2 Å². The number of carbonyl (C=O) groups excluding carboxylic acids is 1. The Hall–Kier alpha value is -0.570. The Labute approximate surface area is 80.8 Å². The van der Waals surface area contributed by atoms with Crippen LogP contribution in [-0.2, 0) is 9.53 Å². The van der Waals surface area contributed by atoms with Crippen molar-refractivity contribution >= 4 is 5.97 Å². The molecule has 0 amide bonds. The summed E-state index contributed by atoms with van der Waals surface area (Å²) in [6, 6.07) is 0. The maximum Gasteiger partial charge on any atom is 0.305 e. The van der Waals surface area contributed by atoms with E-state index >= 15 is 0 Å². The molecule has 0 radical (unpaired) electrons. The van der Waals surface area contributed by atoms with Crippen LogP contribution in [0.3, 0.4) is 0 Å². The zero-order valence-electron chi connectivity index (χ0n) is 8.77. The molecule has 78 valence electrons. The summed E-state index contributed by atoms with van der Waals surface area (Å²) in [6.45, 7) is 4.17. The van der Waals surface area contributed by atoms with E-state index in [1.165, 1.54) is 26.4 Å². The van der Waals surface area contributed by atoms with Crippen molar-refractivity contribution in [2.24, 2.45) is 0 Å². The molecule has 3 heteroatoms. The molecule has 13 heavy (non-hydrogen) atoms. The maximum absolute atomic E-state index is 10.7. The van der Waals surface area contributed by atoms with Gasteiger partial charge in [0.25, 0.3) is 0 Å². The first-order valence-corrected chi connectivity index (χ1v) is 5.08. The minimum absolute atomic E-state index is 0.115. The summed E-state index contributed by atoms with van der Waals surface area (Å²) in [5, 5.41) is 3.29. The van der Waals surface area contributed by atoms with Crippen LogP contribution in [0.2, 0.25) is 0 Å². The summed E-state index contributed by atoms with van der Waals surface area (Å²) < 4.78 is 4.53. The number of ether oxygens (including phenoxy) is 1. The van der Waals surface area contributed by atoms with Crippen LogP contribution in [0.5, 0.6) is 0 Å². The minimum Gasteiger partial charge on any atom is -0.469 e. The van der Waals surface area contributed by atoms with Gasteiger partial charge in [-0.3, -0.25) is 4.79 Å². The van der Waals surface area contributed by atoms with Gasteiger partial charge < -0.3 is 10.1 Å². The second-order valence-electron chi connectivity index (χ2n) is 3.14. The second-order valence-corrected chi connectivity index (χ2v) is 3.14. The van der Waals surface area contributed by atoms with E-state index < -0.39 is 0 Å². The molecule has 0 unspecified atom stereocenters. The van der Waals surface area contributed by atoms with Gasteiger partial charge in [0.15, 0.2) is 0 Å². The van der Waals surface area contributed by atoms with Crippen molar-refractivity contribution in [3.63, 3.8) is 0 Å². The molecule has 0 bridgehead atoms. The molecule has 0 heterocycles. The Balaban J connectivity index is 2.95. The van der Waals surface area contributed by atoms with Crippen LogP contribution in [0.1, 0.15) is 39.0 Å². The standard InChI is InChI=1S/C10H21NO2/c1-3-4-5-8-11-9-6-7-10(12)13-2/h11H,3-9H2,1-2H3. The van der Waals surface area contributed by atoms with Crippen LogP contribution < -0.4 is 5.32 Å². The minimum atomic E-state index is -0.115. The lowest BCUT2D eigenvalue weighted by atomic mass is 10.2. The summed E-state index contributed by atoms with van der Waals surface area (Å²) in [5.41, 5.74) is 0. The number of unbranched alkanes of at least 4 members (excludes halogenated alkanes) is 2. The first kappa shape index (κ1) is 12.4. The topological polar surface area (TPSA) is 38.3 Å². The smallest absolute Gasteiger partial charge is 0.305 e. The van der Waals surface area contributed by atoms with Crippen LogP contribution in [0, 0.1) is 0 Å². The Kier molecular flexibility index (Phi) is 9.10. The van der Waals surface area contributed by atoms with Crippen LogP contribution in [0.25, 0.3) is 0 Å². The average Bonchev–Trinajstić information content (AvgIpc) is 2.16. The molecule has 0 saturated carbocycles. The highest BCUT2D eigenvalue weighted by Gasteiger charge is 1.97. The lowest BCUT2D eigenvalue weighted by Crippen LogP contribution is -2.17. The average molecular weight is 187 g/mol. The van der Waals surface area contributed by atoms with Gasteiger partial charge in [0.1, 0.15) is 0 Å². The third-order valence-electron chi connectivity index (χ3n) is 1.92. The van der Waals surface area contributed by atoms with E-state index in [0.717, 1.165) is 19.5 Å². The normalized spacial score (nSPS) is 10.0. The molecule has 0 fully saturated rings. The van der Waals surface area contributed by atoms with Crippen LogP contribution >= 0.6 is 0 Å². The quantitative estimate of drug-likeness (QED) is 0.464. The van der Waals surface area contributed by atoms with E-state index in [1.807, 2.05) is 0 Å². The summed E-state index contributed by atoms with van der Waals surface area (Å²) in [5.74, 6) is -0.115. The molecular weight excluding hydrogens is 166 g/mol. The predicted molar refractivity (Wildman–Crippen MR) is 53.6 cm³/mol. The van der Waals surface area contributed by atoms with E-state index in [0.29, 0.717) is 6.42 Å². The Morgan fingerprint density at radius 3 is 2.54 bits per heavy atom. The zero-order valence-corrected chi connectivity index (χ0v) is 8.77. The molecule has 0 aromatic rings. The van der Waals surface area contributed by atoms with Crippen molar-refractivity contribution in [2.75, 3.05) is 20.2 Å². The molecular formula is C10H21NO2. The zero-order chi connectivity index (χ0) is 9.94. The highest BCUT2D eigenvalue weighted by molar-refractivity contribution is 5.68. The van der Waals surface area contributed by atoms with Gasteiger partial charge in [0, 0.05) is 6.42 Å². The Morgan fingerprint density at radius 2 is 1.92 bits per heavy atom. The fourth-order valence-electron chi connectivity index (χ4n) is 1.08. The Morgan fingerprint density at radius 1 is 1.23 bits per heavy atom. The van der Waals surface area contributed by atoms with Crippen molar-refractivity contribution in [1.29, 1.82) is 0 Å². The van der Waals surface area contributed by atoms with E-state index in [2.05, 4.69) is 17.0 Å². The van der Waals surface area contributed by atoms with Gasteiger partial charge in [-0.25, -0.2) is 0 Å². The highest BCUT2D eigenvalue weighted by Crippen LogP contribution is 1.92. The molecule has 0 aliphatic rings. The van der Waals surface area contributed by atoms with E-state index in [-0.39, 0.29) is 5.97 Å². The van der Waals surface area contributed by atoms with Gasteiger partial charge in [0.05, 0.1) is 7.11 Å². The van der Waals surface area contributed by atoms with Gasteiger partial charge in [0.2, 0.25) is 0 Å². The molecule has 0 aliphatic carbocycles. The molecule has 0 spiro atoms. The number of rotatable bonds is 8. The van der Waals surface area contributed by atoms with Gasteiger partial charge in [-0.1, -0.05) is 19.8 Å². The molecule has 0 aromatic carbocycles. The summed E-state index contributed by atoms with van der Waals surface area (Å²) >= 11 is 0. The fraction of sp³-hybridized carbons (Fsp3) is 0.900. The third kappa shape index (κ3) is 9.34. The van der Waals surface area contributed by atoms with Crippen molar-refractivity contribution in [3.8, 4) is 0 Å². The van der Waals surface area contributed by atoms with Gasteiger partial charge in [-0.05, 0) is 25.9 Å². The molecule has 0 aliphatic heterocycles. The molecule has 0 atom stereocenters. The second kappa shape index (κ2) is 9.52. The van der Waals surface area contributed by atoms with Gasteiger partial charge in [-0.15, -0.1) is 0 Å². The monoisotopic (exact) mass is 187 g/mol. The molecule has 1 N–H and O–H groups in total. The van der Waals surface area contributed by atoms with E-state index in [4.69, 9.17) is 0 Å². The van der Waals surface area contributed by atoms with Crippen molar-refractivity contribution in [2.45, 2.75) is 39.0 Å². The van der Waals surface area contributed by atoms with Crippen LogP contribution in [0.4, 0.5) is 0 Å². The summed E-state index contributed by atoms with van der Waals surface area (Å²) in [7, 11) is 1.43. The van der Waals surface area contributed by atoms with Crippen molar-refractivity contribution in [1.82, 2.24) is 5.32 Å². The lowest BCUT2D eigenvalue weighted by Gasteiger charge is -2.02. The number of methoxy groups -OCH3 is 1. The number of hydrogen-bond donors (Lipinski definition) is 1. The summed E-state index contributed by atoms with van der Waals surface area (Å²) in [6.07, 6.45) is 5.17. The Bertz CT molecular complexity index is 126. The van der Waals surface area contributed by atoms with E-state index in [9.17, 15) is 4.79 Å².